The van der Waals surface area contributed by atoms with Crippen LogP contribution in [-0.2, 0) is 19.0 Å². The molecule has 1 saturated carbocycles. The summed E-state index contributed by atoms with van der Waals surface area (Å²) in [7, 11) is 0. The van der Waals surface area contributed by atoms with E-state index < -0.39 is 30.2 Å². The van der Waals surface area contributed by atoms with Gasteiger partial charge in [0.1, 0.15) is 0 Å². The number of allylic oxidation sites excluding steroid dienone is 2. The number of aliphatic hydroxyl groups is 2. The number of hydrogen-bond acceptors (Lipinski definition) is 6. The molecule has 2 aliphatic rings. The molecule has 38 heavy (non-hydrogen) atoms. The SMILES string of the molecule is CCCCC(F)(F)CCC(O)[C@H]1[C@@H](C/C=C\CCCCCC(=O)OC(C)C)[C@@H](O)C[C@H]1OC1CCCCO1. The Balaban J connectivity index is 1.89. The third-order valence-electron chi connectivity index (χ3n) is 7.70. The second-order valence-corrected chi connectivity index (χ2v) is 11.4. The molecule has 6 atom stereocenters. The zero-order chi connectivity index (χ0) is 28.0. The molecule has 1 saturated heterocycles. The number of hydrogen-bond donors (Lipinski definition) is 2. The highest BCUT2D eigenvalue weighted by atomic mass is 19.3. The normalized spacial score (nSPS) is 27.3. The minimum absolute atomic E-state index is 0.0149. The molecule has 8 heteroatoms. The fourth-order valence-electron chi connectivity index (χ4n) is 5.62. The van der Waals surface area contributed by atoms with E-state index in [9.17, 15) is 23.8 Å². The molecular formula is C30H52F2O6. The van der Waals surface area contributed by atoms with E-state index in [1.807, 2.05) is 26.8 Å². The maximum absolute atomic E-state index is 14.3. The van der Waals surface area contributed by atoms with Crippen molar-refractivity contribution in [3.63, 3.8) is 0 Å². The molecule has 0 amide bonds. The lowest BCUT2D eigenvalue weighted by Crippen LogP contribution is -2.38. The number of esters is 1. The van der Waals surface area contributed by atoms with Gasteiger partial charge in [-0.2, -0.15) is 0 Å². The molecule has 1 aliphatic carbocycles. The van der Waals surface area contributed by atoms with Crippen LogP contribution in [0.15, 0.2) is 12.2 Å². The molecule has 1 heterocycles. The molecule has 2 N–H and O–H groups in total. The molecule has 2 unspecified atom stereocenters. The Labute approximate surface area is 228 Å². The second kappa shape index (κ2) is 17.6. The van der Waals surface area contributed by atoms with Crippen molar-refractivity contribution < 1.29 is 38.0 Å². The number of alkyl halides is 2. The lowest BCUT2D eigenvalue weighted by atomic mass is 9.83. The fraction of sp³-hybridized carbons (Fsp3) is 0.900. The third kappa shape index (κ3) is 12.4. The zero-order valence-electron chi connectivity index (χ0n) is 23.8. The maximum atomic E-state index is 14.3. The van der Waals surface area contributed by atoms with E-state index in [-0.39, 0.29) is 43.5 Å². The molecular weight excluding hydrogens is 494 g/mol. The Hall–Kier alpha value is -1.09. The first-order chi connectivity index (χ1) is 18.1. The summed E-state index contributed by atoms with van der Waals surface area (Å²) in [5.41, 5.74) is 0. The summed E-state index contributed by atoms with van der Waals surface area (Å²) < 4.78 is 45.7. The van der Waals surface area contributed by atoms with Gasteiger partial charge in [-0.1, -0.05) is 31.9 Å². The molecule has 0 aromatic carbocycles. The zero-order valence-corrected chi connectivity index (χ0v) is 23.8. The van der Waals surface area contributed by atoms with Crippen LogP contribution in [0.25, 0.3) is 0 Å². The Morgan fingerprint density at radius 3 is 2.61 bits per heavy atom. The van der Waals surface area contributed by atoms with E-state index >= 15 is 0 Å². The summed E-state index contributed by atoms with van der Waals surface area (Å²) in [6.45, 7) is 6.20. The number of carbonyl (C=O) groups excluding carboxylic acids is 1. The number of unbranched alkanes of at least 4 members (excludes halogenated alkanes) is 4. The highest BCUT2D eigenvalue weighted by Gasteiger charge is 2.47. The van der Waals surface area contributed by atoms with Crippen LogP contribution in [0.1, 0.15) is 117 Å². The topological polar surface area (TPSA) is 85.2 Å². The van der Waals surface area contributed by atoms with Gasteiger partial charge in [-0.25, -0.2) is 8.78 Å². The average Bonchev–Trinajstić information content (AvgIpc) is 3.17. The van der Waals surface area contributed by atoms with Crippen LogP contribution in [0, 0.1) is 11.8 Å². The largest absolute Gasteiger partial charge is 0.463 e. The summed E-state index contributed by atoms with van der Waals surface area (Å²) in [5, 5.41) is 22.0. The lowest BCUT2D eigenvalue weighted by molar-refractivity contribution is -0.203. The lowest BCUT2D eigenvalue weighted by Gasteiger charge is -2.33. The van der Waals surface area contributed by atoms with Crippen LogP contribution < -0.4 is 0 Å². The van der Waals surface area contributed by atoms with Crippen molar-refractivity contribution in [1.82, 2.24) is 0 Å². The quantitative estimate of drug-likeness (QED) is 0.113. The van der Waals surface area contributed by atoms with Crippen molar-refractivity contribution in [3.8, 4) is 0 Å². The van der Waals surface area contributed by atoms with E-state index in [0.29, 0.717) is 38.7 Å². The van der Waals surface area contributed by atoms with Gasteiger partial charge in [-0.15, -0.1) is 0 Å². The van der Waals surface area contributed by atoms with Crippen molar-refractivity contribution in [2.75, 3.05) is 6.61 Å². The molecule has 1 aliphatic heterocycles. The summed E-state index contributed by atoms with van der Waals surface area (Å²) >= 11 is 0. The molecule has 6 nitrogen and oxygen atoms in total. The van der Waals surface area contributed by atoms with Gasteiger partial charge >= 0.3 is 5.97 Å². The van der Waals surface area contributed by atoms with E-state index in [1.165, 1.54) is 0 Å². The number of halogens is 2. The van der Waals surface area contributed by atoms with Crippen molar-refractivity contribution in [2.45, 2.75) is 154 Å². The summed E-state index contributed by atoms with van der Waals surface area (Å²) in [6, 6.07) is 0. The first kappa shape index (κ1) is 33.1. The van der Waals surface area contributed by atoms with E-state index in [1.54, 1.807) is 0 Å². The first-order valence-corrected chi connectivity index (χ1v) is 15.0. The smallest absolute Gasteiger partial charge is 0.306 e. The maximum Gasteiger partial charge on any atom is 0.306 e. The Bertz CT molecular complexity index is 680. The average molecular weight is 547 g/mol. The van der Waals surface area contributed by atoms with Gasteiger partial charge in [0.05, 0.1) is 24.4 Å². The van der Waals surface area contributed by atoms with E-state index in [0.717, 1.165) is 44.9 Å². The third-order valence-corrected chi connectivity index (χ3v) is 7.70. The summed E-state index contributed by atoms with van der Waals surface area (Å²) in [5.74, 6) is -3.63. The predicted octanol–water partition coefficient (Wildman–Crippen LogP) is 6.71. The molecule has 2 rings (SSSR count). The molecule has 222 valence electrons. The molecule has 0 aromatic rings. The number of rotatable bonds is 18. The number of ether oxygens (including phenoxy) is 3. The van der Waals surface area contributed by atoms with Gasteiger partial charge in [-0.05, 0) is 77.6 Å². The molecule has 2 fully saturated rings. The molecule has 0 spiro atoms. The minimum atomic E-state index is -2.79. The number of aliphatic hydroxyl groups excluding tert-OH is 2. The second-order valence-electron chi connectivity index (χ2n) is 11.4. The van der Waals surface area contributed by atoms with Crippen LogP contribution in [0.2, 0.25) is 0 Å². The van der Waals surface area contributed by atoms with Gasteiger partial charge in [0, 0.05) is 38.2 Å². The first-order valence-electron chi connectivity index (χ1n) is 15.0. The van der Waals surface area contributed by atoms with Crippen LogP contribution in [-0.4, -0.2) is 59.4 Å². The van der Waals surface area contributed by atoms with E-state index in [4.69, 9.17) is 14.2 Å². The van der Waals surface area contributed by atoms with Crippen LogP contribution in [0.4, 0.5) is 8.78 Å². The van der Waals surface area contributed by atoms with Crippen LogP contribution in [0.3, 0.4) is 0 Å². The van der Waals surface area contributed by atoms with Crippen molar-refractivity contribution in [1.29, 1.82) is 0 Å². The molecule has 0 bridgehead atoms. The Morgan fingerprint density at radius 1 is 1.13 bits per heavy atom. The predicted molar refractivity (Wildman–Crippen MR) is 144 cm³/mol. The Morgan fingerprint density at radius 2 is 1.92 bits per heavy atom. The minimum Gasteiger partial charge on any atom is -0.463 e. The van der Waals surface area contributed by atoms with Gasteiger partial charge in [0.25, 0.3) is 0 Å². The van der Waals surface area contributed by atoms with Crippen molar-refractivity contribution in [2.24, 2.45) is 11.8 Å². The van der Waals surface area contributed by atoms with Gasteiger partial charge in [0.2, 0.25) is 5.92 Å². The summed E-state index contributed by atoms with van der Waals surface area (Å²) in [4.78, 5) is 11.6. The summed E-state index contributed by atoms with van der Waals surface area (Å²) in [6.07, 6.45) is 9.85. The fourth-order valence-corrected chi connectivity index (χ4v) is 5.62. The van der Waals surface area contributed by atoms with Crippen molar-refractivity contribution in [3.05, 3.63) is 12.2 Å². The van der Waals surface area contributed by atoms with Crippen LogP contribution in [0.5, 0.6) is 0 Å². The van der Waals surface area contributed by atoms with Gasteiger partial charge < -0.3 is 24.4 Å². The molecule has 0 aromatic heterocycles. The highest BCUT2D eigenvalue weighted by Crippen LogP contribution is 2.42. The van der Waals surface area contributed by atoms with Crippen molar-refractivity contribution >= 4 is 5.97 Å². The van der Waals surface area contributed by atoms with Gasteiger partial charge in [-0.3, -0.25) is 4.79 Å². The highest BCUT2D eigenvalue weighted by molar-refractivity contribution is 5.69. The molecule has 0 radical (unpaired) electrons. The van der Waals surface area contributed by atoms with Crippen LogP contribution >= 0.6 is 0 Å². The van der Waals surface area contributed by atoms with Gasteiger partial charge in [0.15, 0.2) is 6.29 Å². The Kier molecular flexibility index (Phi) is 15.3. The monoisotopic (exact) mass is 546 g/mol. The standard InChI is InChI=1S/C30H52F2O6/c1-4-5-18-30(31,32)19-17-24(33)29-23(25(34)21-26(29)38-28-16-12-13-20-36-28)14-10-8-6-7-9-11-15-27(35)37-22(2)3/h8,10,22-26,28-29,33-34H,4-7,9,11-21H2,1-3H3/b10-8-/t23-,24?,25-,26+,28?,29+/m0/s1. The number of carbonyl (C=O) groups is 1. The van der Waals surface area contributed by atoms with E-state index in [2.05, 4.69) is 6.08 Å².